The smallest absolute Gasteiger partial charge is 0.131 e. The lowest BCUT2D eigenvalue weighted by molar-refractivity contribution is 0.198. The predicted molar refractivity (Wildman–Crippen MR) is 68.3 cm³/mol. The minimum absolute atomic E-state index is 0.466. The highest BCUT2D eigenvalue weighted by Gasteiger charge is 2.03. The first-order chi connectivity index (χ1) is 8.15. The standard InChI is InChI=1S/C13H15NO2S/c1-9(15)11-4-3-5-13(6-11)16-7-12-8-17-10(2)14-12/h3-6,8-9,15H,7H2,1-2H3. The summed E-state index contributed by atoms with van der Waals surface area (Å²) < 4.78 is 5.63. The van der Waals surface area contributed by atoms with Crippen LogP contribution in [0, 0.1) is 6.92 Å². The lowest BCUT2D eigenvalue weighted by atomic mass is 10.1. The Bertz CT molecular complexity index is 494. The van der Waals surface area contributed by atoms with E-state index in [1.54, 1.807) is 18.3 Å². The molecule has 0 amide bonds. The highest BCUT2D eigenvalue weighted by Crippen LogP contribution is 2.20. The van der Waals surface area contributed by atoms with Crippen molar-refractivity contribution in [2.45, 2.75) is 26.6 Å². The van der Waals surface area contributed by atoms with Gasteiger partial charge in [0, 0.05) is 5.38 Å². The average molecular weight is 249 g/mol. The fraction of sp³-hybridized carbons (Fsp3) is 0.308. The van der Waals surface area contributed by atoms with Gasteiger partial charge in [0.2, 0.25) is 0 Å². The third-order valence-corrected chi connectivity index (χ3v) is 3.22. The lowest BCUT2D eigenvalue weighted by Crippen LogP contribution is -1.97. The van der Waals surface area contributed by atoms with Gasteiger partial charge >= 0.3 is 0 Å². The van der Waals surface area contributed by atoms with Crippen LogP contribution in [-0.4, -0.2) is 10.1 Å². The molecule has 0 saturated heterocycles. The minimum atomic E-state index is -0.472. The zero-order valence-corrected chi connectivity index (χ0v) is 10.7. The van der Waals surface area contributed by atoms with Crippen LogP contribution in [0.25, 0.3) is 0 Å². The molecular weight excluding hydrogens is 234 g/mol. The summed E-state index contributed by atoms with van der Waals surface area (Å²) in [5, 5.41) is 12.5. The van der Waals surface area contributed by atoms with Crippen molar-refractivity contribution in [3.63, 3.8) is 0 Å². The molecule has 1 N–H and O–H groups in total. The largest absolute Gasteiger partial charge is 0.487 e. The summed E-state index contributed by atoms with van der Waals surface area (Å²) in [7, 11) is 0. The van der Waals surface area contributed by atoms with Gasteiger partial charge in [0.1, 0.15) is 12.4 Å². The molecular formula is C13H15NO2S. The molecule has 1 aromatic heterocycles. The number of rotatable bonds is 4. The molecule has 2 aromatic rings. The maximum atomic E-state index is 9.47. The van der Waals surface area contributed by atoms with E-state index in [4.69, 9.17) is 4.74 Å². The summed E-state index contributed by atoms with van der Waals surface area (Å²) in [6.07, 6.45) is -0.472. The highest BCUT2D eigenvalue weighted by molar-refractivity contribution is 7.09. The van der Waals surface area contributed by atoms with Gasteiger partial charge < -0.3 is 9.84 Å². The number of hydrogen-bond acceptors (Lipinski definition) is 4. The zero-order valence-electron chi connectivity index (χ0n) is 9.88. The number of aliphatic hydroxyl groups is 1. The van der Waals surface area contributed by atoms with E-state index in [9.17, 15) is 5.11 Å². The van der Waals surface area contributed by atoms with Crippen LogP contribution in [0.15, 0.2) is 29.6 Å². The number of benzene rings is 1. The van der Waals surface area contributed by atoms with E-state index in [0.29, 0.717) is 6.61 Å². The van der Waals surface area contributed by atoms with E-state index in [1.165, 1.54) is 0 Å². The number of aryl methyl sites for hydroxylation is 1. The molecule has 3 nitrogen and oxygen atoms in total. The number of aliphatic hydroxyl groups excluding tert-OH is 1. The topological polar surface area (TPSA) is 42.4 Å². The van der Waals surface area contributed by atoms with E-state index in [-0.39, 0.29) is 0 Å². The molecule has 90 valence electrons. The Morgan fingerprint density at radius 3 is 2.94 bits per heavy atom. The van der Waals surface area contributed by atoms with Crippen molar-refractivity contribution in [2.75, 3.05) is 0 Å². The van der Waals surface area contributed by atoms with Crippen molar-refractivity contribution < 1.29 is 9.84 Å². The summed E-state index contributed by atoms with van der Waals surface area (Å²) >= 11 is 1.62. The Kier molecular flexibility index (Phi) is 3.76. The zero-order chi connectivity index (χ0) is 12.3. The van der Waals surface area contributed by atoms with Crippen LogP contribution in [0.4, 0.5) is 0 Å². The maximum absolute atomic E-state index is 9.47. The monoisotopic (exact) mass is 249 g/mol. The van der Waals surface area contributed by atoms with Gasteiger partial charge in [-0.3, -0.25) is 0 Å². The number of aromatic nitrogens is 1. The number of thiazole rings is 1. The van der Waals surface area contributed by atoms with E-state index in [1.807, 2.05) is 36.6 Å². The molecule has 0 spiro atoms. The van der Waals surface area contributed by atoms with Crippen LogP contribution in [-0.2, 0) is 6.61 Å². The first-order valence-corrected chi connectivity index (χ1v) is 6.35. The van der Waals surface area contributed by atoms with Gasteiger partial charge in [0.25, 0.3) is 0 Å². The molecule has 0 radical (unpaired) electrons. The van der Waals surface area contributed by atoms with E-state index >= 15 is 0 Å². The quantitative estimate of drug-likeness (QED) is 0.905. The molecule has 4 heteroatoms. The van der Waals surface area contributed by atoms with Crippen molar-refractivity contribution in [1.82, 2.24) is 4.98 Å². The van der Waals surface area contributed by atoms with Crippen molar-refractivity contribution in [2.24, 2.45) is 0 Å². The van der Waals surface area contributed by atoms with E-state index < -0.39 is 6.10 Å². The summed E-state index contributed by atoms with van der Waals surface area (Å²) in [5.74, 6) is 0.758. The van der Waals surface area contributed by atoms with Gasteiger partial charge in [-0.2, -0.15) is 0 Å². The molecule has 0 saturated carbocycles. The number of ether oxygens (including phenoxy) is 1. The highest BCUT2D eigenvalue weighted by atomic mass is 32.1. The van der Waals surface area contributed by atoms with E-state index in [0.717, 1.165) is 22.0 Å². The van der Waals surface area contributed by atoms with Crippen LogP contribution >= 0.6 is 11.3 Å². The molecule has 0 aliphatic rings. The summed E-state index contributed by atoms with van der Waals surface area (Å²) in [6, 6.07) is 7.49. The number of hydrogen-bond donors (Lipinski definition) is 1. The van der Waals surface area contributed by atoms with Gasteiger partial charge in [-0.25, -0.2) is 4.98 Å². The van der Waals surface area contributed by atoms with Gasteiger partial charge in [0.15, 0.2) is 0 Å². The fourth-order valence-corrected chi connectivity index (χ4v) is 2.09. The van der Waals surface area contributed by atoms with Crippen LogP contribution in [0.3, 0.4) is 0 Å². The van der Waals surface area contributed by atoms with Gasteiger partial charge in [-0.1, -0.05) is 12.1 Å². The Morgan fingerprint density at radius 2 is 2.29 bits per heavy atom. The predicted octanol–water partition coefficient (Wildman–Crippen LogP) is 3.08. The fourth-order valence-electron chi connectivity index (χ4n) is 1.50. The molecule has 17 heavy (non-hydrogen) atoms. The second kappa shape index (κ2) is 5.29. The van der Waals surface area contributed by atoms with E-state index in [2.05, 4.69) is 4.98 Å². The van der Waals surface area contributed by atoms with Crippen LogP contribution < -0.4 is 4.74 Å². The third kappa shape index (κ3) is 3.28. The minimum Gasteiger partial charge on any atom is -0.487 e. The molecule has 1 unspecified atom stereocenters. The van der Waals surface area contributed by atoms with Crippen molar-refractivity contribution >= 4 is 11.3 Å². The van der Waals surface area contributed by atoms with Crippen LogP contribution in [0.5, 0.6) is 5.75 Å². The molecule has 0 aliphatic carbocycles. The molecule has 0 aliphatic heterocycles. The normalized spacial score (nSPS) is 12.4. The van der Waals surface area contributed by atoms with Gasteiger partial charge in [-0.15, -0.1) is 11.3 Å². The number of nitrogens with zero attached hydrogens (tertiary/aromatic N) is 1. The molecule has 1 atom stereocenters. The summed E-state index contributed by atoms with van der Waals surface area (Å²) in [5.41, 5.74) is 1.80. The Labute approximate surface area is 105 Å². The van der Waals surface area contributed by atoms with Crippen LogP contribution in [0.1, 0.15) is 29.3 Å². The first kappa shape index (κ1) is 12.1. The lowest BCUT2D eigenvalue weighted by Gasteiger charge is -2.08. The molecule has 1 heterocycles. The second-order valence-electron chi connectivity index (χ2n) is 3.89. The molecule has 2 rings (SSSR count). The second-order valence-corrected chi connectivity index (χ2v) is 4.96. The molecule has 0 bridgehead atoms. The third-order valence-electron chi connectivity index (χ3n) is 2.39. The first-order valence-electron chi connectivity index (χ1n) is 5.47. The van der Waals surface area contributed by atoms with Gasteiger partial charge in [0.05, 0.1) is 16.8 Å². The van der Waals surface area contributed by atoms with Crippen molar-refractivity contribution in [3.05, 3.63) is 45.9 Å². The van der Waals surface area contributed by atoms with Gasteiger partial charge in [-0.05, 0) is 31.5 Å². The van der Waals surface area contributed by atoms with Crippen molar-refractivity contribution in [1.29, 1.82) is 0 Å². The summed E-state index contributed by atoms with van der Waals surface area (Å²) in [4.78, 5) is 4.33. The van der Waals surface area contributed by atoms with Crippen molar-refractivity contribution in [3.8, 4) is 5.75 Å². The average Bonchev–Trinajstić information content (AvgIpc) is 2.73. The SMILES string of the molecule is Cc1nc(COc2cccc(C(C)O)c2)cs1. The Hall–Kier alpha value is -1.39. The molecule has 0 fully saturated rings. The van der Waals surface area contributed by atoms with Crippen LogP contribution in [0.2, 0.25) is 0 Å². The summed E-state index contributed by atoms with van der Waals surface area (Å²) in [6.45, 7) is 4.18. The Morgan fingerprint density at radius 1 is 1.47 bits per heavy atom. The Balaban J connectivity index is 2.01. The molecule has 1 aromatic carbocycles. The maximum Gasteiger partial charge on any atom is 0.131 e.